The van der Waals surface area contributed by atoms with Crippen molar-refractivity contribution in [2.45, 2.75) is 39.2 Å². The van der Waals surface area contributed by atoms with E-state index in [2.05, 4.69) is 24.9 Å². The second kappa shape index (κ2) is 4.84. The number of fused-ring (bicyclic) bond motifs is 1. The Kier molecular flexibility index (Phi) is 3.24. The molecule has 5 heteroatoms. The van der Waals surface area contributed by atoms with Gasteiger partial charge in [0.15, 0.2) is 0 Å². The van der Waals surface area contributed by atoms with Crippen molar-refractivity contribution in [3.63, 3.8) is 0 Å². The first-order valence-electron chi connectivity index (χ1n) is 6.95. The fraction of sp³-hybridized carbons (Fsp3) is 0.375. The summed E-state index contributed by atoms with van der Waals surface area (Å²) in [6.45, 7) is 6.03. The molecule has 110 valence electrons. The molecule has 0 aliphatic carbocycles. The summed E-state index contributed by atoms with van der Waals surface area (Å²) in [7, 11) is 0. The fourth-order valence-corrected chi connectivity index (χ4v) is 3.67. The molecule has 0 spiro atoms. The summed E-state index contributed by atoms with van der Waals surface area (Å²) in [5, 5.41) is 9.99. The van der Waals surface area contributed by atoms with Crippen LogP contribution in [0.1, 0.15) is 41.7 Å². The van der Waals surface area contributed by atoms with E-state index in [4.69, 9.17) is 4.74 Å². The van der Waals surface area contributed by atoms with Gasteiger partial charge in [-0.25, -0.2) is 9.78 Å². The summed E-state index contributed by atoms with van der Waals surface area (Å²) < 4.78 is 6.04. The number of carboxylic acid groups (broad SMARTS) is 1. The zero-order valence-electron chi connectivity index (χ0n) is 12.3. The molecule has 2 heterocycles. The average molecular weight is 303 g/mol. The van der Waals surface area contributed by atoms with Gasteiger partial charge in [0.25, 0.3) is 0 Å². The summed E-state index contributed by atoms with van der Waals surface area (Å²) in [5.74, 6) is -0.0692. The molecule has 1 aliphatic rings. The second-order valence-electron chi connectivity index (χ2n) is 5.79. The predicted molar refractivity (Wildman–Crippen MR) is 82.3 cm³/mol. The highest BCUT2D eigenvalue weighted by Gasteiger charge is 2.32. The van der Waals surface area contributed by atoms with Gasteiger partial charge >= 0.3 is 5.97 Å². The fourth-order valence-electron chi connectivity index (χ4n) is 2.66. The molecule has 0 fully saturated rings. The highest BCUT2D eigenvalue weighted by molar-refractivity contribution is 7.17. The van der Waals surface area contributed by atoms with Crippen molar-refractivity contribution < 1.29 is 14.6 Å². The summed E-state index contributed by atoms with van der Waals surface area (Å²) in [5.41, 5.74) is 2.46. The third kappa shape index (κ3) is 2.42. The van der Waals surface area contributed by atoms with Crippen molar-refractivity contribution in [3.8, 4) is 16.3 Å². The zero-order valence-corrected chi connectivity index (χ0v) is 13.1. The van der Waals surface area contributed by atoms with Crippen LogP contribution in [0.4, 0.5) is 0 Å². The molecule has 0 saturated heterocycles. The molecule has 0 atom stereocenters. The number of carbonyl (C=O) groups is 1. The molecular weight excluding hydrogens is 286 g/mol. The monoisotopic (exact) mass is 303 g/mol. The van der Waals surface area contributed by atoms with Crippen molar-refractivity contribution in [3.05, 3.63) is 34.3 Å². The number of carboxylic acids is 1. The van der Waals surface area contributed by atoms with E-state index in [1.165, 1.54) is 11.3 Å². The van der Waals surface area contributed by atoms with Crippen LogP contribution in [0.25, 0.3) is 10.6 Å². The van der Waals surface area contributed by atoms with Gasteiger partial charge in [0.2, 0.25) is 0 Å². The number of rotatable bonds is 3. The first-order chi connectivity index (χ1) is 9.91. The second-order valence-corrected chi connectivity index (χ2v) is 6.78. The Bertz CT molecular complexity index is 718. The Morgan fingerprint density at radius 3 is 2.86 bits per heavy atom. The SMILES string of the molecule is CCc1nc(-c2cccc3c2OC(C)(C)C3)sc1C(=O)O. The number of aromatic nitrogens is 1. The minimum absolute atomic E-state index is 0.223. The van der Waals surface area contributed by atoms with Crippen LogP contribution in [0.3, 0.4) is 0 Å². The third-order valence-electron chi connectivity index (χ3n) is 3.55. The average Bonchev–Trinajstić information content (AvgIpc) is 2.96. The normalized spacial score (nSPS) is 15.6. The summed E-state index contributed by atoms with van der Waals surface area (Å²) >= 11 is 1.22. The van der Waals surface area contributed by atoms with E-state index in [0.717, 1.165) is 28.3 Å². The number of aryl methyl sites for hydroxylation is 1. The number of hydrogen-bond donors (Lipinski definition) is 1. The maximum Gasteiger partial charge on any atom is 0.347 e. The maximum absolute atomic E-state index is 11.3. The van der Waals surface area contributed by atoms with Crippen LogP contribution < -0.4 is 4.74 Å². The van der Waals surface area contributed by atoms with Gasteiger partial charge in [0.1, 0.15) is 21.2 Å². The first-order valence-corrected chi connectivity index (χ1v) is 7.77. The van der Waals surface area contributed by atoms with Crippen LogP contribution in [0.5, 0.6) is 5.75 Å². The molecule has 0 amide bonds. The number of thiazole rings is 1. The number of benzene rings is 1. The number of ether oxygens (including phenoxy) is 1. The molecule has 1 aromatic carbocycles. The first kappa shape index (κ1) is 14.1. The minimum Gasteiger partial charge on any atom is -0.486 e. The topological polar surface area (TPSA) is 59.4 Å². The molecule has 1 aliphatic heterocycles. The highest BCUT2D eigenvalue weighted by Crippen LogP contribution is 2.43. The lowest BCUT2D eigenvalue weighted by molar-refractivity contribution is 0.0700. The van der Waals surface area contributed by atoms with Gasteiger partial charge < -0.3 is 9.84 Å². The van der Waals surface area contributed by atoms with Crippen molar-refractivity contribution in [1.82, 2.24) is 4.98 Å². The minimum atomic E-state index is -0.913. The van der Waals surface area contributed by atoms with Crippen LogP contribution in [-0.4, -0.2) is 21.7 Å². The van der Waals surface area contributed by atoms with Gasteiger partial charge in [-0.15, -0.1) is 11.3 Å². The molecule has 21 heavy (non-hydrogen) atoms. The van der Waals surface area contributed by atoms with Crippen LogP contribution >= 0.6 is 11.3 Å². The standard InChI is InChI=1S/C16H17NO3S/c1-4-11-13(15(18)19)21-14(17-11)10-7-5-6-9-8-16(2,3)20-12(9)10/h5-7H,4,8H2,1-3H3,(H,18,19). The highest BCUT2D eigenvalue weighted by atomic mass is 32.1. The van der Waals surface area contributed by atoms with Crippen molar-refractivity contribution >= 4 is 17.3 Å². The summed E-state index contributed by atoms with van der Waals surface area (Å²) in [6, 6.07) is 5.98. The molecule has 4 nitrogen and oxygen atoms in total. The Balaban J connectivity index is 2.11. The Hall–Kier alpha value is -1.88. The third-order valence-corrected chi connectivity index (χ3v) is 4.67. The van der Waals surface area contributed by atoms with Gasteiger partial charge in [-0.2, -0.15) is 0 Å². The summed E-state index contributed by atoms with van der Waals surface area (Å²) in [4.78, 5) is 16.1. The van der Waals surface area contributed by atoms with Crippen molar-refractivity contribution in [2.24, 2.45) is 0 Å². The van der Waals surface area contributed by atoms with E-state index in [9.17, 15) is 9.90 Å². The molecule has 0 bridgehead atoms. The van der Waals surface area contributed by atoms with E-state index >= 15 is 0 Å². The molecule has 2 aromatic rings. The van der Waals surface area contributed by atoms with Gasteiger partial charge in [0.05, 0.1) is 11.3 Å². The van der Waals surface area contributed by atoms with Gasteiger partial charge in [0, 0.05) is 6.42 Å². The number of hydrogen-bond acceptors (Lipinski definition) is 4. The van der Waals surface area contributed by atoms with Gasteiger partial charge in [-0.3, -0.25) is 0 Å². The molecule has 1 N–H and O–H groups in total. The lowest BCUT2D eigenvalue weighted by Crippen LogP contribution is -2.24. The molecule has 0 unspecified atom stereocenters. The Morgan fingerprint density at radius 2 is 2.24 bits per heavy atom. The van der Waals surface area contributed by atoms with E-state index in [0.29, 0.717) is 17.0 Å². The Morgan fingerprint density at radius 1 is 1.48 bits per heavy atom. The van der Waals surface area contributed by atoms with Crippen molar-refractivity contribution in [1.29, 1.82) is 0 Å². The van der Waals surface area contributed by atoms with E-state index in [1.54, 1.807) is 0 Å². The van der Waals surface area contributed by atoms with Gasteiger partial charge in [-0.1, -0.05) is 19.1 Å². The maximum atomic E-state index is 11.3. The van der Waals surface area contributed by atoms with Gasteiger partial charge in [-0.05, 0) is 31.9 Å². The largest absolute Gasteiger partial charge is 0.486 e. The van der Waals surface area contributed by atoms with Crippen molar-refractivity contribution in [2.75, 3.05) is 0 Å². The van der Waals surface area contributed by atoms with Crippen LogP contribution in [0, 0.1) is 0 Å². The van der Waals surface area contributed by atoms with Crippen LogP contribution in [0.2, 0.25) is 0 Å². The van der Waals surface area contributed by atoms with Crippen LogP contribution in [0.15, 0.2) is 18.2 Å². The lowest BCUT2D eigenvalue weighted by atomic mass is 10.0. The van der Waals surface area contributed by atoms with E-state index in [1.807, 2.05) is 19.1 Å². The number of para-hydroxylation sites is 1. The van der Waals surface area contributed by atoms with Crippen LogP contribution in [-0.2, 0) is 12.8 Å². The number of aromatic carboxylic acids is 1. The molecule has 3 rings (SSSR count). The zero-order chi connectivity index (χ0) is 15.2. The smallest absolute Gasteiger partial charge is 0.347 e. The molecule has 0 radical (unpaired) electrons. The quantitative estimate of drug-likeness (QED) is 0.937. The molecule has 1 aromatic heterocycles. The van der Waals surface area contributed by atoms with E-state index in [-0.39, 0.29) is 5.60 Å². The lowest BCUT2D eigenvalue weighted by Gasteiger charge is -2.17. The molecular formula is C16H17NO3S. The predicted octanol–water partition coefficient (Wildman–Crippen LogP) is 3.78. The Labute approximate surface area is 127 Å². The van der Waals surface area contributed by atoms with E-state index < -0.39 is 5.97 Å². The summed E-state index contributed by atoms with van der Waals surface area (Å²) in [6.07, 6.45) is 1.47. The number of nitrogens with zero attached hydrogens (tertiary/aromatic N) is 1. The molecule has 0 saturated carbocycles.